The fraction of sp³-hybridized carbons (Fsp3) is 0.571. The van der Waals surface area contributed by atoms with Crippen LogP contribution in [0.1, 0.15) is 52.5 Å². The average molecular weight is 394 g/mol. The van der Waals surface area contributed by atoms with Crippen LogP contribution in [0.15, 0.2) is 24.3 Å². The number of halogens is 1. The zero-order valence-corrected chi connectivity index (χ0v) is 16.8. The molecule has 154 valence electrons. The molecule has 0 saturated heterocycles. The second kappa shape index (κ2) is 8.39. The molecule has 4 atom stereocenters. The van der Waals surface area contributed by atoms with Crippen LogP contribution in [0.3, 0.4) is 0 Å². The third-order valence-electron chi connectivity index (χ3n) is 4.73. The number of hydrogen-bond acceptors (Lipinski definition) is 6. The molecule has 1 fully saturated rings. The summed E-state index contributed by atoms with van der Waals surface area (Å²) in [5, 5.41) is 10.9. The normalized spacial score (nSPS) is 27.8. The Morgan fingerprint density at radius 2 is 1.57 bits per heavy atom. The Hall–Kier alpha value is -2.28. The number of carbonyl (C=O) groups is 3. The lowest BCUT2D eigenvalue weighted by Gasteiger charge is -2.44. The van der Waals surface area contributed by atoms with Crippen molar-refractivity contribution in [3.63, 3.8) is 0 Å². The monoisotopic (exact) mass is 394 g/mol. The Morgan fingerprint density at radius 3 is 2.07 bits per heavy atom. The van der Waals surface area contributed by atoms with Gasteiger partial charge in [0.15, 0.2) is 5.78 Å². The van der Waals surface area contributed by atoms with Crippen molar-refractivity contribution in [2.24, 2.45) is 11.8 Å². The number of carbonyl (C=O) groups excluding carboxylic acids is 3. The molecule has 0 heterocycles. The molecule has 0 aromatic heterocycles. The van der Waals surface area contributed by atoms with E-state index in [0.717, 1.165) is 0 Å². The maximum atomic E-state index is 13.4. The number of ether oxygens (including phenoxy) is 2. The third-order valence-corrected chi connectivity index (χ3v) is 4.73. The van der Waals surface area contributed by atoms with Crippen molar-refractivity contribution in [2.45, 2.75) is 64.8 Å². The first-order valence-corrected chi connectivity index (χ1v) is 9.35. The maximum Gasteiger partial charge on any atom is 0.317 e. The number of aliphatic hydroxyl groups is 1. The van der Waals surface area contributed by atoms with Crippen LogP contribution in [0.5, 0.6) is 0 Å². The van der Waals surface area contributed by atoms with E-state index in [1.165, 1.54) is 31.2 Å². The highest BCUT2D eigenvalue weighted by Crippen LogP contribution is 2.47. The number of ketones is 1. The molecule has 0 radical (unpaired) electrons. The van der Waals surface area contributed by atoms with E-state index in [4.69, 9.17) is 9.47 Å². The Bertz CT molecular complexity index is 730. The van der Waals surface area contributed by atoms with Crippen molar-refractivity contribution in [1.82, 2.24) is 0 Å². The molecular formula is C21H27FO6. The smallest absolute Gasteiger partial charge is 0.317 e. The van der Waals surface area contributed by atoms with Crippen LogP contribution < -0.4 is 0 Å². The SMILES string of the molecule is CC(C)OC(=O)[C@@H]1C(=O)C[C@@](C)(O)[C@H](C(=O)OC(C)C)[C@H]1c1ccc(F)cc1. The third kappa shape index (κ3) is 4.76. The van der Waals surface area contributed by atoms with E-state index in [9.17, 15) is 23.9 Å². The minimum absolute atomic E-state index is 0.381. The predicted molar refractivity (Wildman–Crippen MR) is 98.8 cm³/mol. The number of esters is 2. The zero-order chi connectivity index (χ0) is 21.2. The summed E-state index contributed by atoms with van der Waals surface area (Å²) in [6, 6.07) is 5.16. The van der Waals surface area contributed by atoms with Crippen LogP contribution in [0.2, 0.25) is 0 Å². The fourth-order valence-electron chi connectivity index (χ4n) is 3.71. The molecule has 1 aliphatic rings. The van der Waals surface area contributed by atoms with Gasteiger partial charge in [0.2, 0.25) is 0 Å². The Labute approximate surface area is 164 Å². The summed E-state index contributed by atoms with van der Waals surface area (Å²) < 4.78 is 24.0. The van der Waals surface area contributed by atoms with Gasteiger partial charge in [0.05, 0.1) is 23.7 Å². The molecule has 1 aliphatic carbocycles. The van der Waals surface area contributed by atoms with Crippen molar-refractivity contribution >= 4 is 17.7 Å². The van der Waals surface area contributed by atoms with Crippen molar-refractivity contribution in [3.8, 4) is 0 Å². The first kappa shape index (κ1) is 22.0. The topological polar surface area (TPSA) is 89.9 Å². The van der Waals surface area contributed by atoms with Gasteiger partial charge < -0.3 is 14.6 Å². The second-order valence-electron chi connectivity index (χ2n) is 8.00. The molecule has 0 unspecified atom stereocenters. The van der Waals surface area contributed by atoms with Crippen LogP contribution in [0.4, 0.5) is 4.39 Å². The summed E-state index contributed by atoms with van der Waals surface area (Å²) >= 11 is 0. The Morgan fingerprint density at radius 1 is 1.07 bits per heavy atom. The van der Waals surface area contributed by atoms with E-state index in [-0.39, 0.29) is 6.42 Å². The van der Waals surface area contributed by atoms with Gasteiger partial charge in [-0.15, -0.1) is 0 Å². The second-order valence-corrected chi connectivity index (χ2v) is 8.00. The van der Waals surface area contributed by atoms with Crippen LogP contribution >= 0.6 is 0 Å². The van der Waals surface area contributed by atoms with Gasteiger partial charge >= 0.3 is 11.9 Å². The van der Waals surface area contributed by atoms with Crippen molar-refractivity contribution in [2.75, 3.05) is 0 Å². The van der Waals surface area contributed by atoms with Crippen LogP contribution in [-0.2, 0) is 23.9 Å². The van der Waals surface area contributed by atoms with Gasteiger partial charge in [-0.2, -0.15) is 0 Å². The predicted octanol–water partition coefficient (Wildman–Crippen LogP) is 2.77. The van der Waals surface area contributed by atoms with Gasteiger partial charge in [0.1, 0.15) is 11.7 Å². The molecule has 0 amide bonds. The lowest BCUT2D eigenvalue weighted by atomic mass is 9.61. The largest absolute Gasteiger partial charge is 0.463 e. The summed E-state index contributed by atoms with van der Waals surface area (Å²) in [6.07, 6.45) is -1.30. The standard InChI is InChI=1S/C21H27FO6/c1-11(2)27-19(24)17-15(23)10-21(5,26)18(20(25)28-12(3)4)16(17)13-6-8-14(22)9-7-13/h6-9,11-12,16-18,26H,10H2,1-5H3/t16-,17+,18-,21+/m0/s1. The maximum absolute atomic E-state index is 13.4. The van der Waals surface area contributed by atoms with E-state index >= 15 is 0 Å². The summed E-state index contributed by atoms with van der Waals surface area (Å²) in [6.45, 7) is 8.01. The Balaban J connectivity index is 2.59. The molecule has 0 bridgehead atoms. The van der Waals surface area contributed by atoms with Crippen molar-refractivity contribution in [1.29, 1.82) is 0 Å². The molecule has 6 nitrogen and oxygen atoms in total. The van der Waals surface area contributed by atoms with Crippen LogP contribution in [-0.4, -0.2) is 40.6 Å². The highest BCUT2D eigenvalue weighted by Gasteiger charge is 2.57. The van der Waals surface area contributed by atoms with Gasteiger partial charge in [-0.25, -0.2) is 4.39 Å². The Kier molecular flexibility index (Phi) is 6.59. The summed E-state index contributed by atoms with van der Waals surface area (Å²) in [5.41, 5.74) is -1.34. The fourth-order valence-corrected chi connectivity index (χ4v) is 3.71. The molecule has 7 heteroatoms. The highest BCUT2D eigenvalue weighted by atomic mass is 19.1. The highest BCUT2D eigenvalue weighted by molar-refractivity contribution is 6.02. The lowest BCUT2D eigenvalue weighted by molar-refractivity contribution is -0.176. The van der Waals surface area contributed by atoms with E-state index in [0.29, 0.717) is 5.56 Å². The summed E-state index contributed by atoms with van der Waals surface area (Å²) in [5.74, 6) is -6.04. The van der Waals surface area contributed by atoms with E-state index in [1.54, 1.807) is 27.7 Å². The molecule has 1 aromatic rings. The average Bonchev–Trinajstić information content (AvgIpc) is 2.52. The summed E-state index contributed by atoms with van der Waals surface area (Å²) in [4.78, 5) is 38.4. The lowest BCUT2D eigenvalue weighted by Crippen LogP contribution is -2.55. The van der Waals surface area contributed by atoms with Gasteiger partial charge in [0.25, 0.3) is 0 Å². The molecule has 1 aromatic carbocycles. The van der Waals surface area contributed by atoms with Gasteiger partial charge in [0, 0.05) is 12.3 Å². The van der Waals surface area contributed by atoms with E-state index in [1.807, 2.05) is 0 Å². The zero-order valence-electron chi connectivity index (χ0n) is 16.8. The minimum atomic E-state index is -1.73. The quantitative estimate of drug-likeness (QED) is 0.610. The molecule has 1 N–H and O–H groups in total. The molecule has 2 rings (SSSR count). The number of Topliss-reactive ketones (excluding diaryl/α,β-unsaturated/α-hetero) is 1. The van der Waals surface area contributed by atoms with Crippen LogP contribution in [0.25, 0.3) is 0 Å². The number of benzene rings is 1. The molecular weight excluding hydrogens is 367 g/mol. The minimum Gasteiger partial charge on any atom is -0.463 e. The molecule has 0 aliphatic heterocycles. The molecule has 1 saturated carbocycles. The van der Waals surface area contributed by atoms with Gasteiger partial charge in [-0.3, -0.25) is 14.4 Å². The molecule has 28 heavy (non-hydrogen) atoms. The first-order chi connectivity index (χ1) is 12.9. The van der Waals surface area contributed by atoms with Crippen molar-refractivity contribution < 1.29 is 33.4 Å². The summed E-state index contributed by atoms with van der Waals surface area (Å²) in [7, 11) is 0. The van der Waals surface area contributed by atoms with Gasteiger partial charge in [-0.1, -0.05) is 12.1 Å². The van der Waals surface area contributed by atoms with Gasteiger partial charge in [-0.05, 0) is 52.3 Å². The van der Waals surface area contributed by atoms with Crippen molar-refractivity contribution in [3.05, 3.63) is 35.6 Å². The van der Waals surface area contributed by atoms with E-state index in [2.05, 4.69) is 0 Å². The van der Waals surface area contributed by atoms with E-state index < -0.39 is 59.1 Å². The first-order valence-electron chi connectivity index (χ1n) is 9.35. The molecule has 0 spiro atoms. The van der Waals surface area contributed by atoms with Crippen LogP contribution in [0, 0.1) is 17.7 Å². The number of hydrogen-bond donors (Lipinski definition) is 1. The number of rotatable bonds is 5.